The number of carbonyl (C=O) groups excluding carboxylic acids is 2. The van der Waals surface area contributed by atoms with Crippen LogP contribution < -0.4 is 0 Å². The summed E-state index contributed by atoms with van der Waals surface area (Å²) in [5, 5.41) is 5.29. The molecule has 1 saturated carbocycles. The number of aromatic nitrogens is 3. The minimum Gasteiger partial charge on any atom is -0.345 e. The van der Waals surface area contributed by atoms with E-state index >= 15 is 0 Å². The van der Waals surface area contributed by atoms with Crippen LogP contribution in [0.1, 0.15) is 41.0 Å². The molecule has 0 radical (unpaired) electrons. The summed E-state index contributed by atoms with van der Waals surface area (Å²) < 4.78 is 1.74. The van der Waals surface area contributed by atoms with E-state index in [9.17, 15) is 9.59 Å². The molecule has 1 aliphatic carbocycles. The zero-order valence-corrected chi connectivity index (χ0v) is 16.7. The topological polar surface area (TPSA) is 71.3 Å². The number of piperidine rings is 1. The Hall–Kier alpha value is -2.44. The molecule has 2 amide bonds. The Morgan fingerprint density at radius 2 is 1.93 bits per heavy atom. The highest BCUT2D eigenvalue weighted by Crippen LogP contribution is 2.40. The van der Waals surface area contributed by atoms with Crippen molar-refractivity contribution in [3.05, 3.63) is 23.0 Å². The van der Waals surface area contributed by atoms with Crippen LogP contribution in [0, 0.1) is 25.7 Å². The Bertz CT molecular complexity index is 934. The first-order valence-corrected chi connectivity index (χ1v) is 9.58. The normalized spacial score (nSPS) is 25.1. The second-order valence-corrected chi connectivity index (χ2v) is 8.26. The summed E-state index contributed by atoms with van der Waals surface area (Å²) >= 11 is 0. The number of fused-ring (bicyclic) bond motifs is 2. The van der Waals surface area contributed by atoms with Gasteiger partial charge in [0.15, 0.2) is 5.65 Å². The molecule has 3 atom stereocenters. The Morgan fingerprint density at radius 3 is 2.67 bits per heavy atom. The lowest BCUT2D eigenvalue weighted by atomic mass is 9.88. The molecule has 0 unspecified atom stereocenters. The van der Waals surface area contributed by atoms with E-state index in [1.165, 1.54) is 0 Å². The van der Waals surface area contributed by atoms with E-state index in [0.717, 1.165) is 41.8 Å². The maximum Gasteiger partial charge on any atom is 0.254 e. The van der Waals surface area contributed by atoms with E-state index in [-0.39, 0.29) is 17.9 Å². The van der Waals surface area contributed by atoms with E-state index < -0.39 is 0 Å². The largest absolute Gasteiger partial charge is 0.345 e. The Labute approximate surface area is 159 Å². The number of rotatable bonds is 2. The summed E-state index contributed by atoms with van der Waals surface area (Å²) in [6.07, 6.45) is 2.48. The lowest BCUT2D eigenvalue weighted by molar-refractivity contribution is -0.134. The van der Waals surface area contributed by atoms with Gasteiger partial charge in [-0.25, -0.2) is 4.98 Å². The summed E-state index contributed by atoms with van der Waals surface area (Å²) in [5.74, 6) is 1.13. The lowest BCUT2D eigenvalue weighted by Crippen LogP contribution is -2.40. The summed E-state index contributed by atoms with van der Waals surface area (Å²) in [6.45, 7) is 4.63. The standard InChI is InChI=1S/C20H27N5O2/c1-11-6-16(18-12(2)22-25(5)19(18)21-11)20(27)24(4)15-7-13-9-17(26)23(3)10-14(13)8-15/h6,13-15H,7-10H2,1-5H3/t13-,14+,15-/m0/s1. The molecular formula is C20H27N5O2. The quantitative estimate of drug-likeness (QED) is 0.811. The third kappa shape index (κ3) is 2.89. The minimum atomic E-state index is 0.0185. The average molecular weight is 369 g/mol. The van der Waals surface area contributed by atoms with E-state index in [1.807, 2.05) is 50.9 Å². The Morgan fingerprint density at radius 1 is 1.22 bits per heavy atom. The highest BCUT2D eigenvalue weighted by atomic mass is 16.2. The van der Waals surface area contributed by atoms with Gasteiger partial charge in [0, 0.05) is 45.8 Å². The van der Waals surface area contributed by atoms with Crippen molar-refractivity contribution in [1.82, 2.24) is 24.6 Å². The van der Waals surface area contributed by atoms with Crippen molar-refractivity contribution in [3.63, 3.8) is 0 Å². The first-order valence-electron chi connectivity index (χ1n) is 9.58. The third-order valence-electron chi connectivity index (χ3n) is 6.38. The number of hydrogen-bond acceptors (Lipinski definition) is 4. The van der Waals surface area contributed by atoms with Crippen molar-refractivity contribution in [3.8, 4) is 0 Å². The van der Waals surface area contributed by atoms with Gasteiger partial charge in [-0.2, -0.15) is 5.10 Å². The van der Waals surface area contributed by atoms with Crippen molar-refractivity contribution in [1.29, 1.82) is 0 Å². The van der Waals surface area contributed by atoms with E-state index in [2.05, 4.69) is 10.1 Å². The number of amides is 2. The summed E-state index contributed by atoms with van der Waals surface area (Å²) in [5.41, 5.74) is 3.06. The monoisotopic (exact) mass is 369 g/mol. The molecule has 27 heavy (non-hydrogen) atoms. The number of pyridine rings is 1. The summed E-state index contributed by atoms with van der Waals surface area (Å²) in [7, 11) is 5.63. The Kier molecular flexibility index (Phi) is 4.20. The molecule has 3 heterocycles. The van der Waals surface area contributed by atoms with Gasteiger partial charge in [0.2, 0.25) is 5.91 Å². The van der Waals surface area contributed by atoms with Gasteiger partial charge in [-0.05, 0) is 44.6 Å². The molecule has 0 N–H and O–H groups in total. The molecule has 144 valence electrons. The highest BCUT2D eigenvalue weighted by Gasteiger charge is 2.42. The maximum absolute atomic E-state index is 13.4. The van der Waals surface area contributed by atoms with Crippen LogP contribution >= 0.6 is 0 Å². The van der Waals surface area contributed by atoms with Crippen LogP contribution in [-0.2, 0) is 11.8 Å². The SMILES string of the molecule is Cc1cc(C(=O)N(C)[C@H]2C[C@H]3CC(=O)N(C)C[C@H]3C2)c2c(C)nn(C)c2n1. The van der Waals surface area contributed by atoms with Crippen molar-refractivity contribution in [2.75, 3.05) is 20.6 Å². The van der Waals surface area contributed by atoms with Crippen molar-refractivity contribution in [2.45, 2.75) is 39.2 Å². The molecule has 7 nitrogen and oxygen atoms in total. The first kappa shape index (κ1) is 17.9. The van der Waals surface area contributed by atoms with Gasteiger partial charge >= 0.3 is 0 Å². The fraction of sp³-hybridized carbons (Fsp3) is 0.600. The van der Waals surface area contributed by atoms with Crippen LogP contribution in [0.4, 0.5) is 0 Å². The van der Waals surface area contributed by atoms with Crippen molar-refractivity contribution < 1.29 is 9.59 Å². The molecular weight excluding hydrogens is 342 g/mol. The number of hydrogen-bond donors (Lipinski definition) is 0. The fourth-order valence-electron chi connectivity index (χ4n) is 4.90. The molecule has 1 aliphatic heterocycles. The number of nitrogens with zero attached hydrogens (tertiary/aromatic N) is 5. The Balaban J connectivity index is 1.62. The number of aryl methyl sites for hydroxylation is 3. The maximum atomic E-state index is 13.4. The lowest BCUT2D eigenvalue weighted by Gasteiger charge is -2.31. The zero-order valence-electron chi connectivity index (χ0n) is 16.7. The minimum absolute atomic E-state index is 0.0185. The van der Waals surface area contributed by atoms with Crippen LogP contribution in [0.5, 0.6) is 0 Å². The first-order chi connectivity index (χ1) is 12.8. The average Bonchev–Trinajstić information content (AvgIpc) is 3.14. The van der Waals surface area contributed by atoms with Crippen LogP contribution in [0.3, 0.4) is 0 Å². The molecule has 2 fully saturated rings. The van der Waals surface area contributed by atoms with Gasteiger partial charge in [-0.3, -0.25) is 14.3 Å². The fourth-order valence-corrected chi connectivity index (χ4v) is 4.90. The highest BCUT2D eigenvalue weighted by molar-refractivity contribution is 6.06. The van der Waals surface area contributed by atoms with Crippen LogP contribution in [0.25, 0.3) is 11.0 Å². The van der Waals surface area contributed by atoms with E-state index in [1.54, 1.807) is 4.68 Å². The number of likely N-dealkylation sites (tertiary alicyclic amines) is 1. The predicted octanol–water partition coefficient (Wildman–Crippen LogP) is 1.91. The van der Waals surface area contributed by atoms with Crippen molar-refractivity contribution in [2.24, 2.45) is 18.9 Å². The van der Waals surface area contributed by atoms with Gasteiger partial charge in [-0.1, -0.05) is 0 Å². The molecule has 2 aliphatic rings. The molecule has 0 spiro atoms. The van der Waals surface area contributed by atoms with E-state index in [0.29, 0.717) is 23.8 Å². The van der Waals surface area contributed by atoms with Crippen molar-refractivity contribution >= 4 is 22.8 Å². The van der Waals surface area contributed by atoms with Gasteiger partial charge in [0.1, 0.15) is 0 Å². The second kappa shape index (κ2) is 6.32. The molecule has 0 bridgehead atoms. The summed E-state index contributed by atoms with van der Waals surface area (Å²) in [4.78, 5) is 33.7. The third-order valence-corrected chi connectivity index (χ3v) is 6.38. The van der Waals surface area contributed by atoms with Gasteiger partial charge in [-0.15, -0.1) is 0 Å². The number of carbonyl (C=O) groups is 2. The molecule has 7 heteroatoms. The smallest absolute Gasteiger partial charge is 0.254 e. The van der Waals surface area contributed by atoms with E-state index in [4.69, 9.17) is 0 Å². The zero-order chi connectivity index (χ0) is 19.5. The summed E-state index contributed by atoms with van der Waals surface area (Å²) in [6, 6.07) is 2.04. The van der Waals surface area contributed by atoms with Crippen LogP contribution in [0.2, 0.25) is 0 Å². The molecule has 2 aromatic rings. The van der Waals surface area contributed by atoms with Crippen LogP contribution in [-0.4, -0.2) is 63.1 Å². The molecule has 1 saturated heterocycles. The van der Waals surface area contributed by atoms with Gasteiger partial charge in [0.25, 0.3) is 5.91 Å². The van der Waals surface area contributed by atoms with Gasteiger partial charge < -0.3 is 9.80 Å². The predicted molar refractivity (Wildman–Crippen MR) is 102 cm³/mol. The molecule has 2 aromatic heterocycles. The second-order valence-electron chi connectivity index (χ2n) is 8.26. The molecule has 0 aromatic carbocycles. The van der Waals surface area contributed by atoms with Gasteiger partial charge in [0.05, 0.1) is 16.6 Å². The van der Waals surface area contributed by atoms with Crippen LogP contribution in [0.15, 0.2) is 6.07 Å². The molecule has 4 rings (SSSR count).